The maximum Gasteiger partial charge on any atom is 0.335 e. The first-order valence-electron chi connectivity index (χ1n) is 14.9. The van der Waals surface area contributed by atoms with Crippen molar-refractivity contribution in [1.29, 1.82) is 0 Å². The van der Waals surface area contributed by atoms with E-state index in [1.54, 1.807) is 6.92 Å². The average Bonchev–Trinajstić information content (AvgIpc) is 3.83. The summed E-state index contributed by atoms with van der Waals surface area (Å²) in [7, 11) is 1.21. The lowest BCUT2D eigenvalue weighted by Gasteiger charge is -2.63. The second-order valence-corrected chi connectivity index (χ2v) is 14.5. The molecule has 9 nitrogen and oxygen atoms in total. The van der Waals surface area contributed by atoms with Crippen LogP contribution in [0.2, 0.25) is 0 Å². The maximum atomic E-state index is 14.3. The number of ketones is 1. The molecule has 1 heterocycles. The summed E-state index contributed by atoms with van der Waals surface area (Å²) in [5, 5.41) is 24.5. The predicted octanol–water partition coefficient (Wildman–Crippen LogP) is 2.51. The van der Waals surface area contributed by atoms with Crippen molar-refractivity contribution in [2.45, 2.75) is 77.3 Å². The van der Waals surface area contributed by atoms with Crippen LogP contribution in [0.25, 0.3) is 0 Å². The van der Waals surface area contributed by atoms with Gasteiger partial charge in [0, 0.05) is 52.0 Å². The number of ether oxygens (including phenoxy) is 3. The minimum atomic E-state index is -1.58. The van der Waals surface area contributed by atoms with Crippen LogP contribution in [0.4, 0.5) is 0 Å². The van der Waals surface area contributed by atoms with E-state index in [1.165, 1.54) is 21.0 Å². The number of methoxy groups -OCH3 is 1. The van der Waals surface area contributed by atoms with Gasteiger partial charge in [0.15, 0.2) is 11.4 Å². The van der Waals surface area contributed by atoms with Gasteiger partial charge in [0.25, 0.3) is 0 Å². The average molecular weight is 577 g/mol. The highest BCUT2D eigenvalue weighted by atomic mass is 16.6. The quantitative estimate of drug-likeness (QED) is 0.220. The van der Waals surface area contributed by atoms with Gasteiger partial charge in [-0.25, -0.2) is 9.59 Å². The summed E-state index contributed by atoms with van der Waals surface area (Å²) in [6, 6.07) is 0. The van der Waals surface area contributed by atoms with Crippen LogP contribution in [0, 0.1) is 46.3 Å². The Morgan fingerprint density at radius 2 is 1.79 bits per heavy atom. The fourth-order valence-corrected chi connectivity index (χ4v) is 11.4. The first-order valence-corrected chi connectivity index (χ1v) is 14.9. The van der Waals surface area contributed by atoms with Crippen molar-refractivity contribution in [2.24, 2.45) is 46.3 Å². The van der Waals surface area contributed by atoms with Crippen molar-refractivity contribution in [3.63, 3.8) is 0 Å². The molecule has 222 valence electrons. The molecule has 2 N–H and O–H groups in total. The van der Waals surface area contributed by atoms with Crippen molar-refractivity contribution in [1.82, 2.24) is 0 Å². The molecule has 0 aromatic carbocycles. The Hall–Kier alpha value is -3.04. The zero-order chi connectivity index (χ0) is 30.2. The minimum Gasteiger partial charge on any atom is -0.466 e. The molecule has 12 atom stereocenters. The van der Waals surface area contributed by atoms with Gasteiger partial charge in [-0.2, -0.15) is 0 Å². The van der Waals surface area contributed by atoms with Gasteiger partial charge in [-0.3, -0.25) is 9.59 Å². The molecular formula is C33H36O9. The second-order valence-electron chi connectivity index (χ2n) is 14.5. The lowest BCUT2D eigenvalue weighted by molar-refractivity contribution is -0.183. The first kappa shape index (κ1) is 26.6. The van der Waals surface area contributed by atoms with E-state index in [2.05, 4.69) is 13.5 Å². The molecule has 0 aromatic heterocycles. The number of hydrogen-bond acceptors (Lipinski definition) is 9. The van der Waals surface area contributed by atoms with Gasteiger partial charge in [0.05, 0.1) is 12.7 Å². The van der Waals surface area contributed by atoms with Gasteiger partial charge < -0.3 is 24.4 Å². The molecule has 0 radical (unpaired) electrons. The monoisotopic (exact) mass is 576 g/mol. The lowest BCUT2D eigenvalue weighted by atomic mass is 9.43. The van der Waals surface area contributed by atoms with Crippen molar-refractivity contribution in [3.05, 3.63) is 45.6 Å². The van der Waals surface area contributed by atoms with Gasteiger partial charge in [-0.15, -0.1) is 0 Å². The molecule has 0 bridgehead atoms. The molecule has 5 fully saturated rings. The molecule has 0 amide bonds. The molecule has 1 aliphatic heterocycles. The zero-order valence-electron chi connectivity index (χ0n) is 24.7. The molecule has 0 saturated heterocycles. The number of carbonyl (C=O) groups is 4. The molecule has 0 aromatic rings. The predicted molar refractivity (Wildman–Crippen MR) is 145 cm³/mol. The van der Waals surface area contributed by atoms with E-state index in [0.29, 0.717) is 28.7 Å². The third kappa shape index (κ3) is 2.48. The summed E-state index contributed by atoms with van der Waals surface area (Å²) < 4.78 is 17.7. The highest BCUT2D eigenvalue weighted by Crippen LogP contribution is 2.83. The van der Waals surface area contributed by atoms with Gasteiger partial charge in [-0.05, 0) is 67.8 Å². The smallest absolute Gasteiger partial charge is 0.335 e. The van der Waals surface area contributed by atoms with Crippen molar-refractivity contribution in [3.8, 4) is 0 Å². The molecule has 9 heteroatoms. The van der Waals surface area contributed by atoms with E-state index in [-0.39, 0.29) is 47.2 Å². The fraction of sp³-hybridized carbons (Fsp3) is 0.636. The Morgan fingerprint density at radius 3 is 2.43 bits per heavy atom. The molecule has 1 spiro atoms. The summed E-state index contributed by atoms with van der Waals surface area (Å²) in [6.45, 7) is 12.9. The Kier molecular flexibility index (Phi) is 4.65. The summed E-state index contributed by atoms with van der Waals surface area (Å²) in [5.74, 6) is -3.25. The summed E-state index contributed by atoms with van der Waals surface area (Å²) in [4.78, 5) is 53.8. The van der Waals surface area contributed by atoms with Crippen molar-refractivity contribution >= 4 is 23.7 Å². The highest BCUT2D eigenvalue weighted by Gasteiger charge is 2.85. The van der Waals surface area contributed by atoms with Crippen molar-refractivity contribution in [2.75, 3.05) is 7.11 Å². The summed E-state index contributed by atoms with van der Waals surface area (Å²) >= 11 is 0. The van der Waals surface area contributed by atoms with E-state index in [1.807, 2.05) is 6.92 Å². The van der Waals surface area contributed by atoms with Crippen LogP contribution in [0.1, 0.15) is 53.9 Å². The van der Waals surface area contributed by atoms with Gasteiger partial charge in [0.2, 0.25) is 0 Å². The van der Waals surface area contributed by atoms with E-state index >= 15 is 0 Å². The largest absolute Gasteiger partial charge is 0.466 e. The third-order valence-corrected chi connectivity index (χ3v) is 13.1. The third-order valence-electron chi connectivity index (χ3n) is 13.1. The van der Waals surface area contributed by atoms with E-state index in [9.17, 15) is 29.4 Å². The Morgan fingerprint density at radius 1 is 1.10 bits per heavy atom. The molecule has 8 rings (SSSR count). The molecule has 5 saturated carbocycles. The van der Waals surface area contributed by atoms with Crippen molar-refractivity contribution < 1.29 is 43.6 Å². The number of esters is 3. The van der Waals surface area contributed by atoms with Crippen LogP contribution in [0.15, 0.2) is 45.6 Å². The Bertz CT molecular complexity index is 1600. The lowest BCUT2D eigenvalue weighted by Crippen LogP contribution is -2.68. The molecule has 12 unspecified atom stereocenters. The number of aliphatic hydroxyl groups is 2. The second kappa shape index (κ2) is 7.36. The van der Waals surface area contributed by atoms with E-state index < -0.39 is 63.8 Å². The Balaban J connectivity index is 1.54. The van der Waals surface area contributed by atoms with Crippen LogP contribution >= 0.6 is 0 Å². The normalized spacial score (nSPS) is 51.6. The maximum absolute atomic E-state index is 14.3. The zero-order valence-corrected chi connectivity index (χ0v) is 24.7. The SMILES string of the molecule is C=C1C2CC2C2(C)C1C(OC(C)=O)C1=C(C)C(=O)OC13C1=C4C(O)(CC32)C2CC2C4(C)C(O)C(=O)C1=C(C)C(=O)OC. The first-order chi connectivity index (χ1) is 19.6. The van der Waals surface area contributed by atoms with Crippen LogP contribution in [-0.2, 0) is 33.4 Å². The fourth-order valence-electron chi connectivity index (χ4n) is 11.4. The standard InChI is InChI=1S/C33H36O9/c1-11-15-8-16(15)30(5)19-10-32(39)18-9-17(18)31(6)26(32)23(20(24(35)27(31)36)12(2)28(37)40-7)33(19)22(13(3)29(38)42-33)25(21(11)30)41-14(4)34/h15-19,21,25,27,36,39H,1,8-10H2,2-7H3. The van der Waals surface area contributed by atoms with E-state index in [0.717, 1.165) is 12.0 Å². The van der Waals surface area contributed by atoms with Crippen LogP contribution in [-0.4, -0.2) is 64.4 Å². The Labute approximate surface area is 243 Å². The summed E-state index contributed by atoms with van der Waals surface area (Å²) in [6.07, 6.45) is -0.553. The molecule has 8 aliphatic rings. The topological polar surface area (TPSA) is 136 Å². The number of fused-ring (bicyclic) bond motifs is 7. The highest BCUT2D eigenvalue weighted by molar-refractivity contribution is 6.12. The minimum absolute atomic E-state index is 0.0274. The van der Waals surface area contributed by atoms with Gasteiger partial charge >= 0.3 is 17.9 Å². The van der Waals surface area contributed by atoms with E-state index in [4.69, 9.17) is 14.2 Å². The number of Topliss-reactive ketones (excluding diaryl/α,β-unsaturated/α-hetero) is 1. The van der Waals surface area contributed by atoms with Gasteiger partial charge in [0.1, 0.15) is 12.2 Å². The number of aliphatic hydroxyl groups excluding tert-OH is 1. The number of carbonyl (C=O) groups excluding carboxylic acids is 4. The molecule has 42 heavy (non-hydrogen) atoms. The van der Waals surface area contributed by atoms with Gasteiger partial charge in [-0.1, -0.05) is 26.0 Å². The van der Waals surface area contributed by atoms with Crippen LogP contribution in [0.3, 0.4) is 0 Å². The number of rotatable bonds is 2. The van der Waals surface area contributed by atoms with Crippen LogP contribution < -0.4 is 0 Å². The van der Waals surface area contributed by atoms with Crippen LogP contribution in [0.5, 0.6) is 0 Å². The molecular weight excluding hydrogens is 540 g/mol. The number of hydrogen-bond donors (Lipinski definition) is 2. The molecule has 7 aliphatic carbocycles. The summed E-state index contributed by atoms with van der Waals surface area (Å²) in [5.41, 5.74) is -2.27.